The van der Waals surface area contributed by atoms with Crippen molar-refractivity contribution in [1.29, 1.82) is 0 Å². The maximum absolute atomic E-state index is 5.63. The summed E-state index contributed by atoms with van der Waals surface area (Å²) >= 11 is 0. The molecule has 1 aliphatic heterocycles. The lowest BCUT2D eigenvalue weighted by atomic mass is 10.2. The van der Waals surface area contributed by atoms with E-state index in [1.807, 2.05) is 37.3 Å². The molecular formula is C21H21N5O2. The molecule has 7 nitrogen and oxygen atoms in total. The molecule has 0 fully saturated rings. The monoisotopic (exact) mass is 375 g/mol. The molecule has 0 aliphatic carbocycles. The molecule has 4 heterocycles. The van der Waals surface area contributed by atoms with Crippen LogP contribution in [0.4, 0.5) is 0 Å². The number of nitrogens with zero attached hydrogens (tertiary/aromatic N) is 5. The van der Waals surface area contributed by atoms with Gasteiger partial charge >= 0.3 is 0 Å². The minimum absolute atomic E-state index is 0.449. The van der Waals surface area contributed by atoms with Crippen LogP contribution in [0.15, 0.2) is 34.9 Å². The number of aryl methyl sites for hydroxylation is 3. The normalized spacial score (nSPS) is 14.1. The van der Waals surface area contributed by atoms with Crippen LogP contribution in [0.2, 0.25) is 0 Å². The molecule has 0 saturated heterocycles. The van der Waals surface area contributed by atoms with E-state index in [0.29, 0.717) is 17.5 Å². The Morgan fingerprint density at radius 3 is 2.82 bits per heavy atom. The van der Waals surface area contributed by atoms with Crippen LogP contribution >= 0.6 is 0 Å². The maximum atomic E-state index is 5.63. The van der Waals surface area contributed by atoms with E-state index < -0.39 is 0 Å². The Kier molecular flexibility index (Phi) is 4.07. The highest BCUT2D eigenvalue weighted by atomic mass is 16.5. The largest absolute Gasteiger partial charge is 0.496 e. The fraction of sp³-hybridized carbons (Fsp3) is 0.333. The van der Waals surface area contributed by atoms with Crippen molar-refractivity contribution in [3.05, 3.63) is 41.9 Å². The second-order valence-corrected chi connectivity index (χ2v) is 7.10. The molecule has 28 heavy (non-hydrogen) atoms. The van der Waals surface area contributed by atoms with E-state index in [4.69, 9.17) is 19.2 Å². The minimum atomic E-state index is 0.449. The van der Waals surface area contributed by atoms with Crippen molar-refractivity contribution in [2.24, 2.45) is 0 Å². The van der Waals surface area contributed by atoms with E-state index in [0.717, 1.165) is 59.6 Å². The lowest BCUT2D eigenvalue weighted by Gasteiger charge is -2.05. The molecule has 7 heteroatoms. The second kappa shape index (κ2) is 6.74. The van der Waals surface area contributed by atoms with Crippen LogP contribution in [0.1, 0.15) is 30.8 Å². The Morgan fingerprint density at radius 1 is 1.04 bits per heavy atom. The molecule has 0 bridgehead atoms. The van der Waals surface area contributed by atoms with Gasteiger partial charge in [-0.2, -0.15) is 4.98 Å². The Hall–Kier alpha value is -3.22. The molecule has 5 rings (SSSR count). The molecule has 0 amide bonds. The van der Waals surface area contributed by atoms with Gasteiger partial charge in [0.1, 0.15) is 17.1 Å². The summed E-state index contributed by atoms with van der Waals surface area (Å²) in [7, 11) is 1.63. The molecule has 1 aromatic carbocycles. The molecule has 1 aliphatic rings. The Bertz CT molecular complexity index is 1160. The lowest BCUT2D eigenvalue weighted by Crippen LogP contribution is -2.01. The summed E-state index contributed by atoms with van der Waals surface area (Å²) in [4.78, 5) is 14.3. The van der Waals surface area contributed by atoms with Crippen LogP contribution in [-0.4, -0.2) is 31.8 Å². The number of benzene rings is 1. The van der Waals surface area contributed by atoms with Crippen molar-refractivity contribution >= 4 is 11.2 Å². The van der Waals surface area contributed by atoms with E-state index >= 15 is 0 Å². The lowest BCUT2D eigenvalue weighted by molar-refractivity contribution is 0.413. The summed E-state index contributed by atoms with van der Waals surface area (Å²) in [6.45, 7) is 2.94. The highest BCUT2D eigenvalue weighted by molar-refractivity contribution is 5.88. The average molecular weight is 375 g/mol. The van der Waals surface area contributed by atoms with E-state index in [1.165, 1.54) is 6.42 Å². The highest BCUT2D eigenvalue weighted by Gasteiger charge is 2.22. The number of methoxy groups -OCH3 is 1. The van der Waals surface area contributed by atoms with Crippen LogP contribution in [0, 0.1) is 6.92 Å². The zero-order valence-electron chi connectivity index (χ0n) is 16.0. The molecule has 3 aromatic heterocycles. The number of pyridine rings is 1. The molecule has 4 aromatic rings. The molecule has 0 atom stereocenters. The quantitative estimate of drug-likeness (QED) is 0.534. The minimum Gasteiger partial charge on any atom is -0.496 e. The van der Waals surface area contributed by atoms with Gasteiger partial charge in [0.15, 0.2) is 5.65 Å². The third-order valence-corrected chi connectivity index (χ3v) is 5.20. The Balaban J connectivity index is 1.65. The summed E-state index contributed by atoms with van der Waals surface area (Å²) in [6, 6.07) is 9.60. The molecule has 0 spiro atoms. The van der Waals surface area contributed by atoms with Crippen LogP contribution in [-0.2, 0) is 13.0 Å². The van der Waals surface area contributed by atoms with Crippen LogP contribution in [0.5, 0.6) is 5.75 Å². The first-order valence-corrected chi connectivity index (χ1v) is 9.59. The van der Waals surface area contributed by atoms with Crippen LogP contribution in [0.3, 0.4) is 0 Å². The summed E-state index contributed by atoms with van der Waals surface area (Å²) in [5.41, 5.74) is 4.27. The zero-order valence-corrected chi connectivity index (χ0v) is 16.0. The predicted molar refractivity (Wildman–Crippen MR) is 105 cm³/mol. The molecule has 0 N–H and O–H groups in total. The van der Waals surface area contributed by atoms with Crippen molar-refractivity contribution in [3.63, 3.8) is 0 Å². The first-order valence-electron chi connectivity index (χ1n) is 9.59. The van der Waals surface area contributed by atoms with Gasteiger partial charge < -0.3 is 13.8 Å². The Morgan fingerprint density at radius 2 is 1.93 bits per heavy atom. The zero-order chi connectivity index (χ0) is 19.1. The van der Waals surface area contributed by atoms with Gasteiger partial charge in [0, 0.05) is 18.7 Å². The van der Waals surface area contributed by atoms with Crippen LogP contribution < -0.4 is 4.74 Å². The van der Waals surface area contributed by atoms with Crippen molar-refractivity contribution in [3.8, 4) is 28.6 Å². The SMILES string of the molecule is COc1ccccc1-c1noc(-c2cc(C)nc3c2nc2n3CCCCC2)n1. The van der Waals surface area contributed by atoms with Crippen molar-refractivity contribution < 1.29 is 9.26 Å². The van der Waals surface area contributed by atoms with Crippen molar-refractivity contribution in [1.82, 2.24) is 24.7 Å². The van der Waals surface area contributed by atoms with Crippen molar-refractivity contribution in [2.75, 3.05) is 7.11 Å². The first-order chi connectivity index (χ1) is 13.7. The van der Waals surface area contributed by atoms with Gasteiger partial charge in [0.2, 0.25) is 5.82 Å². The molecule has 0 radical (unpaired) electrons. The fourth-order valence-electron chi connectivity index (χ4n) is 3.85. The van der Waals surface area contributed by atoms with Gasteiger partial charge in [0.25, 0.3) is 5.89 Å². The third kappa shape index (κ3) is 2.74. The van der Waals surface area contributed by atoms with Gasteiger partial charge in [-0.05, 0) is 38.0 Å². The standard InChI is InChI=1S/C21H21N5O2/c1-13-12-15(18-20(22-13)26-11-7-3-4-10-17(26)23-18)21-24-19(25-28-21)14-8-5-6-9-16(14)27-2/h5-6,8-9,12H,3-4,7,10-11H2,1-2H3. The maximum Gasteiger partial charge on any atom is 0.260 e. The topological polar surface area (TPSA) is 78.9 Å². The number of rotatable bonds is 3. The van der Waals surface area contributed by atoms with E-state index in [2.05, 4.69) is 14.7 Å². The number of hydrogen-bond acceptors (Lipinski definition) is 6. The average Bonchev–Trinajstić information content (AvgIpc) is 3.26. The second-order valence-electron chi connectivity index (χ2n) is 7.10. The third-order valence-electron chi connectivity index (χ3n) is 5.20. The molecule has 142 valence electrons. The number of fused-ring (bicyclic) bond motifs is 3. The number of aromatic nitrogens is 5. The van der Waals surface area contributed by atoms with Crippen molar-refractivity contribution in [2.45, 2.75) is 39.2 Å². The van der Waals surface area contributed by atoms with E-state index in [1.54, 1.807) is 7.11 Å². The molecule has 0 saturated carbocycles. The molecule has 0 unspecified atom stereocenters. The summed E-state index contributed by atoms with van der Waals surface area (Å²) < 4.78 is 13.3. The van der Waals surface area contributed by atoms with Gasteiger partial charge in [-0.25, -0.2) is 9.97 Å². The van der Waals surface area contributed by atoms with Gasteiger partial charge in [-0.15, -0.1) is 0 Å². The van der Waals surface area contributed by atoms with Crippen LogP contribution in [0.25, 0.3) is 34.0 Å². The van der Waals surface area contributed by atoms with Gasteiger partial charge in [-0.1, -0.05) is 23.7 Å². The van der Waals surface area contributed by atoms with Gasteiger partial charge in [0.05, 0.1) is 18.2 Å². The number of hydrogen-bond donors (Lipinski definition) is 0. The summed E-state index contributed by atoms with van der Waals surface area (Å²) in [5, 5.41) is 4.18. The fourth-order valence-corrected chi connectivity index (χ4v) is 3.85. The molecular weight excluding hydrogens is 354 g/mol. The first kappa shape index (κ1) is 16.9. The number of imidazole rings is 1. The smallest absolute Gasteiger partial charge is 0.260 e. The van der Waals surface area contributed by atoms with E-state index in [9.17, 15) is 0 Å². The van der Waals surface area contributed by atoms with E-state index in [-0.39, 0.29) is 0 Å². The number of ether oxygens (including phenoxy) is 1. The highest BCUT2D eigenvalue weighted by Crippen LogP contribution is 2.33. The summed E-state index contributed by atoms with van der Waals surface area (Å²) in [6.07, 6.45) is 4.53. The summed E-state index contributed by atoms with van der Waals surface area (Å²) in [5.74, 6) is 2.75. The van der Waals surface area contributed by atoms with Gasteiger partial charge in [-0.3, -0.25) is 0 Å². The predicted octanol–water partition coefficient (Wildman–Crippen LogP) is 4.19. The number of para-hydroxylation sites is 1. The Labute approximate surface area is 162 Å².